The molecule has 8 heteroatoms. The van der Waals surface area contributed by atoms with Crippen molar-refractivity contribution in [2.24, 2.45) is 0 Å². The molecular weight excluding hydrogens is 366 g/mol. The Kier molecular flexibility index (Phi) is 4.54. The largest absolute Gasteiger partial charge is 0.496 e. The minimum absolute atomic E-state index is 0.0110. The molecule has 1 aliphatic rings. The Morgan fingerprint density at radius 3 is 2.68 bits per heavy atom. The van der Waals surface area contributed by atoms with Crippen molar-refractivity contribution < 1.29 is 18.3 Å². The molecule has 1 aromatic heterocycles. The van der Waals surface area contributed by atoms with Crippen LogP contribution in [0.5, 0.6) is 5.75 Å². The van der Waals surface area contributed by atoms with Gasteiger partial charge in [0.1, 0.15) is 22.9 Å². The van der Waals surface area contributed by atoms with Crippen LogP contribution >= 0.6 is 0 Å². The van der Waals surface area contributed by atoms with Crippen LogP contribution < -0.4 is 15.8 Å². The first kappa shape index (κ1) is 18.1. The van der Waals surface area contributed by atoms with E-state index in [0.29, 0.717) is 5.39 Å². The van der Waals surface area contributed by atoms with Gasteiger partial charge in [0.05, 0.1) is 12.8 Å². The monoisotopic (exact) mass is 384 g/mol. The molecule has 1 heterocycles. The van der Waals surface area contributed by atoms with Crippen LogP contribution in [0.3, 0.4) is 0 Å². The molecule has 0 unspecified atom stereocenters. The molecule has 3 N–H and O–H groups in total. The molecule has 0 spiro atoms. The summed E-state index contributed by atoms with van der Waals surface area (Å²) in [6.45, 7) is 0. The molecule has 0 bridgehead atoms. The van der Waals surface area contributed by atoms with Gasteiger partial charge in [0.25, 0.3) is 5.91 Å². The van der Waals surface area contributed by atoms with E-state index in [9.17, 15) is 13.6 Å². The summed E-state index contributed by atoms with van der Waals surface area (Å²) in [4.78, 5) is 12.4. The average Bonchev–Trinajstić information content (AvgIpc) is 2.64. The maximum atomic E-state index is 14.7. The van der Waals surface area contributed by atoms with E-state index in [1.165, 1.54) is 31.4 Å². The number of hydrogen-bond acceptors (Lipinski definition) is 5. The number of hydrogen-bond donors (Lipinski definition) is 2. The third-order valence-electron chi connectivity index (χ3n) is 5.01. The molecule has 0 saturated heterocycles. The number of halogens is 2. The zero-order valence-corrected chi connectivity index (χ0v) is 15.1. The number of methoxy groups -OCH3 is 1. The van der Waals surface area contributed by atoms with Crippen molar-refractivity contribution in [3.63, 3.8) is 0 Å². The number of benzene rings is 2. The van der Waals surface area contributed by atoms with E-state index >= 15 is 0 Å². The Bertz CT molecular complexity index is 1080. The summed E-state index contributed by atoms with van der Waals surface area (Å²) in [6.07, 6.45) is 2.91. The highest BCUT2D eigenvalue weighted by Gasteiger charge is 2.25. The molecule has 1 saturated carbocycles. The lowest BCUT2D eigenvalue weighted by molar-refractivity contribution is 0.0912. The van der Waals surface area contributed by atoms with Gasteiger partial charge in [-0.2, -0.15) is 0 Å². The maximum absolute atomic E-state index is 14.7. The van der Waals surface area contributed by atoms with Crippen molar-refractivity contribution in [1.29, 1.82) is 0 Å². The highest BCUT2D eigenvalue weighted by atomic mass is 19.1. The number of nitrogen functional groups attached to an aromatic ring is 1. The lowest BCUT2D eigenvalue weighted by Crippen LogP contribution is -2.40. The number of amides is 1. The van der Waals surface area contributed by atoms with Crippen molar-refractivity contribution in [2.75, 3.05) is 12.8 Å². The number of anilines is 1. The number of carbonyl (C=O) groups is 1. The Morgan fingerprint density at radius 1 is 1.21 bits per heavy atom. The zero-order valence-electron chi connectivity index (χ0n) is 15.1. The molecular formula is C20H18F2N4O2. The second-order valence-electron chi connectivity index (χ2n) is 6.73. The number of aromatic nitrogens is 2. The zero-order chi connectivity index (χ0) is 19.8. The molecule has 6 nitrogen and oxygen atoms in total. The summed E-state index contributed by atoms with van der Waals surface area (Å²) in [6, 6.07) is 6.53. The lowest BCUT2D eigenvalue weighted by atomic mass is 9.93. The smallest absolute Gasteiger partial charge is 0.274 e. The van der Waals surface area contributed by atoms with Gasteiger partial charge >= 0.3 is 0 Å². The number of fused-ring (bicyclic) bond motifs is 1. The van der Waals surface area contributed by atoms with Gasteiger partial charge in [-0.15, -0.1) is 10.2 Å². The van der Waals surface area contributed by atoms with Gasteiger partial charge in [-0.05, 0) is 49.6 Å². The number of nitrogens with two attached hydrogens (primary N) is 1. The maximum Gasteiger partial charge on any atom is 0.274 e. The van der Waals surface area contributed by atoms with Gasteiger partial charge in [0.15, 0.2) is 5.69 Å². The van der Waals surface area contributed by atoms with E-state index in [1.807, 2.05) is 0 Å². The summed E-state index contributed by atoms with van der Waals surface area (Å²) < 4.78 is 33.8. The number of carbonyl (C=O) groups excluding carboxylic acids is 1. The normalized spacial score (nSPS) is 14.0. The Morgan fingerprint density at radius 2 is 2.00 bits per heavy atom. The van der Waals surface area contributed by atoms with E-state index < -0.39 is 17.5 Å². The van der Waals surface area contributed by atoms with Gasteiger partial charge in [0, 0.05) is 22.6 Å². The van der Waals surface area contributed by atoms with Gasteiger partial charge < -0.3 is 15.8 Å². The molecule has 0 aliphatic heterocycles. The average molecular weight is 384 g/mol. The molecule has 1 amide bonds. The van der Waals surface area contributed by atoms with Crippen molar-refractivity contribution in [1.82, 2.24) is 15.5 Å². The SMILES string of the molecule is COc1ccc(F)cc1-c1c(F)ccc2c(N)c(C(=O)NC3CCC3)nnc12. The van der Waals surface area contributed by atoms with Gasteiger partial charge in [-0.25, -0.2) is 8.78 Å². The van der Waals surface area contributed by atoms with Gasteiger partial charge in [-0.3, -0.25) is 4.79 Å². The third kappa shape index (κ3) is 3.00. The van der Waals surface area contributed by atoms with Gasteiger partial charge in [-0.1, -0.05) is 0 Å². The molecule has 1 fully saturated rings. The van der Waals surface area contributed by atoms with Crippen molar-refractivity contribution in [3.8, 4) is 16.9 Å². The standard InChI is InChI=1S/C20H18F2N4O2/c1-28-15-8-5-10(21)9-13(15)16-14(22)7-6-12-17(23)19(26-25-18(12)16)20(27)24-11-3-2-4-11/h5-9,11H,2-4H2,1H3,(H2,23,25)(H,24,27). The topological polar surface area (TPSA) is 90.1 Å². The fourth-order valence-corrected chi connectivity index (χ4v) is 3.28. The number of ether oxygens (including phenoxy) is 1. The Balaban J connectivity index is 1.87. The van der Waals surface area contributed by atoms with Crippen LogP contribution in [0.4, 0.5) is 14.5 Å². The fraction of sp³-hybridized carbons (Fsp3) is 0.250. The van der Waals surface area contributed by atoms with Crippen LogP contribution in [0, 0.1) is 11.6 Å². The molecule has 2 aromatic carbocycles. The second kappa shape index (κ2) is 7.03. The Labute approximate surface area is 159 Å². The highest BCUT2D eigenvalue weighted by Crippen LogP contribution is 2.38. The predicted octanol–water partition coefficient (Wildman–Crippen LogP) is 3.45. The van der Waals surface area contributed by atoms with Gasteiger partial charge in [0.2, 0.25) is 0 Å². The second-order valence-corrected chi connectivity index (χ2v) is 6.73. The first-order valence-electron chi connectivity index (χ1n) is 8.88. The number of nitrogens with one attached hydrogen (secondary N) is 1. The number of rotatable bonds is 4. The molecule has 28 heavy (non-hydrogen) atoms. The summed E-state index contributed by atoms with van der Waals surface area (Å²) in [5.41, 5.74) is 6.57. The molecule has 4 rings (SSSR count). The van der Waals surface area contributed by atoms with E-state index in [2.05, 4.69) is 15.5 Å². The molecule has 1 aliphatic carbocycles. The van der Waals surface area contributed by atoms with Crippen LogP contribution in [0.2, 0.25) is 0 Å². The summed E-state index contributed by atoms with van der Waals surface area (Å²) in [5, 5.41) is 11.2. The first-order chi connectivity index (χ1) is 13.5. The van der Waals surface area contributed by atoms with E-state index in [0.717, 1.165) is 25.3 Å². The predicted molar refractivity (Wildman–Crippen MR) is 101 cm³/mol. The van der Waals surface area contributed by atoms with Crippen molar-refractivity contribution in [2.45, 2.75) is 25.3 Å². The molecule has 0 radical (unpaired) electrons. The summed E-state index contributed by atoms with van der Waals surface area (Å²) >= 11 is 0. The lowest BCUT2D eigenvalue weighted by Gasteiger charge is -2.26. The summed E-state index contributed by atoms with van der Waals surface area (Å²) in [7, 11) is 1.41. The van der Waals surface area contributed by atoms with E-state index in [4.69, 9.17) is 10.5 Å². The molecule has 0 atom stereocenters. The van der Waals surface area contributed by atoms with Crippen LogP contribution in [0.25, 0.3) is 22.0 Å². The first-order valence-corrected chi connectivity index (χ1v) is 8.88. The van der Waals surface area contributed by atoms with E-state index in [1.54, 1.807) is 0 Å². The minimum atomic E-state index is -0.628. The van der Waals surface area contributed by atoms with Crippen molar-refractivity contribution in [3.05, 3.63) is 47.7 Å². The van der Waals surface area contributed by atoms with E-state index in [-0.39, 0.29) is 39.8 Å². The quantitative estimate of drug-likeness (QED) is 0.719. The van der Waals surface area contributed by atoms with Crippen LogP contribution in [-0.2, 0) is 0 Å². The molecule has 144 valence electrons. The number of nitrogens with zero attached hydrogens (tertiary/aromatic N) is 2. The van der Waals surface area contributed by atoms with Crippen LogP contribution in [0.15, 0.2) is 30.3 Å². The Hall–Kier alpha value is -3.29. The van der Waals surface area contributed by atoms with Crippen LogP contribution in [0.1, 0.15) is 29.8 Å². The summed E-state index contributed by atoms with van der Waals surface area (Å²) in [5.74, 6) is -1.31. The molecule has 3 aromatic rings. The third-order valence-corrected chi connectivity index (χ3v) is 5.01. The minimum Gasteiger partial charge on any atom is -0.496 e. The fourth-order valence-electron chi connectivity index (χ4n) is 3.28. The highest BCUT2D eigenvalue weighted by molar-refractivity contribution is 6.08. The van der Waals surface area contributed by atoms with Crippen LogP contribution in [-0.4, -0.2) is 29.3 Å². The van der Waals surface area contributed by atoms with Crippen molar-refractivity contribution >= 4 is 22.5 Å².